The van der Waals surface area contributed by atoms with Crippen molar-refractivity contribution in [1.29, 1.82) is 0 Å². The van der Waals surface area contributed by atoms with Gasteiger partial charge in [-0.05, 0) is 12.8 Å². The van der Waals surface area contributed by atoms with Crippen LogP contribution in [0.25, 0.3) is 0 Å². The number of hydrogen-bond acceptors (Lipinski definition) is 5. The molecule has 5 nitrogen and oxygen atoms in total. The van der Waals surface area contributed by atoms with Crippen molar-refractivity contribution in [3.05, 3.63) is 11.9 Å². The van der Waals surface area contributed by atoms with Crippen LogP contribution in [0.2, 0.25) is 0 Å². The summed E-state index contributed by atoms with van der Waals surface area (Å²) in [5.74, 6) is 7.78. The van der Waals surface area contributed by atoms with E-state index in [2.05, 4.69) is 34.6 Å². The Kier molecular flexibility index (Phi) is 7.10. The zero-order valence-electron chi connectivity index (χ0n) is 11.5. The number of aromatic nitrogens is 2. The van der Waals surface area contributed by atoms with E-state index in [1.807, 2.05) is 6.07 Å². The van der Waals surface area contributed by atoms with Gasteiger partial charge in [0.05, 0.1) is 0 Å². The summed E-state index contributed by atoms with van der Waals surface area (Å²) in [6, 6.07) is 1.85. The molecule has 0 spiro atoms. The number of rotatable bonds is 9. The third kappa shape index (κ3) is 5.31. The van der Waals surface area contributed by atoms with Crippen molar-refractivity contribution in [2.45, 2.75) is 52.4 Å². The Balaban J connectivity index is 2.50. The molecular weight excluding hydrogens is 226 g/mol. The van der Waals surface area contributed by atoms with Gasteiger partial charge in [-0.25, -0.2) is 15.8 Å². The van der Waals surface area contributed by atoms with Crippen molar-refractivity contribution in [2.75, 3.05) is 17.3 Å². The molecule has 1 aromatic rings. The van der Waals surface area contributed by atoms with E-state index in [4.69, 9.17) is 5.84 Å². The quantitative estimate of drug-likeness (QED) is 0.357. The molecule has 0 aliphatic rings. The average molecular weight is 251 g/mol. The summed E-state index contributed by atoms with van der Waals surface area (Å²) < 4.78 is 0. The molecule has 1 rings (SSSR count). The fourth-order valence-corrected chi connectivity index (χ4v) is 1.77. The van der Waals surface area contributed by atoms with E-state index >= 15 is 0 Å². The Bertz CT molecular complexity index is 340. The highest BCUT2D eigenvalue weighted by atomic mass is 15.3. The number of nitrogens with two attached hydrogens (primary N) is 1. The van der Waals surface area contributed by atoms with Gasteiger partial charge in [-0.3, -0.25) is 0 Å². The third-order valence-corrected chi connectivity index (χ3v) is 2.73. The Labute approximate surface area is 110 Å². The number of unbranched alkanes of at least 4 members (excludes halogenated alkanes) is 3. The molecule has 0 unspecified atom stereocenters. The van der Waals surface area contributed by atoms with Crippen molar-refractivity contribution in [3.63, 3.8) is 0 Å². The number of hydrogen-bond donors (Lipinski definition) is 3. The lowest BCUT2D eigenvalue weighted by Crippen LogP contribution is -2.12. The fourth-order valence-electron chi connectivity index (χ4n) is 1.77. The second-order valence-corrected chi connectivity index (χ2v) is 4.44. The molecule has 0 aromatic carbocycles. The van der Waals surface area contributed by atoms with Crippen LogP contribution < -0.4 is 16.6 Å². The number of nitrogens with zero attached hydrogens (tertiary/aromatic N) is 2. The number of aryl methyl sites for hydroxylation is 1. The summed E-state index contributed by atoms with van der Waals surface area (Å²) in [7, 11) is 0. The minimum absolute atomic E-state index is 0.671. The molecule has 0 amide bonds. The SMILES string of the molecule is CCCCCCNc1cc(NN)nc(CCC)n1. The first-order chi connectivity index (χ1) is 8.80. The standard InChI is InChI=1S/C13H25N5/c1-3-5-6-7-9-15-12-10-13(18-14)17-11(16-12)8-4-2/h10H,3-9,14H2,1-2H3,(H2,15,16,17,18). The molecular formula is C13H25N5. The molecule has 18 heavy (non-hydrogen) atoms. The first-order valence-corrected chi connectivity index (χ1v) is 6.88. The van der Waals surface area contributed by atoms with Crippen molar-refractivity contribution in [3.8, 4) is 0 Å². The minimum atomic E-state index is 0.671. The topological polar surface area (TPSA) is 75.9 Å². The van der Waals surface area contributed by atoms with Crippen molar-refractivity contribution < 1.29 is 0 Å². The van der Waals surface area contributed by atoms with E-state index in [9.17, 15) is 0 Å². The van der Waals surface area contributed by atoms with Crippen LogP contribution in [-0.4, -0.2) is 16.5 Å². The molecule has 1 heterocycles. The zero-order chi connectivity index (χ0) is 13.2. The Morgan fingerprint density at radius 1 is 1.06 bits per heavy atom. The van der Waals surface area contributed by atoms with E-state index in [1.54, 1.807) is 0 Å². The van der Waals surface area contributed by atoms with Gasteiger partial charge in [-0.1, -0.05) is 33.1 Å². The van der Waals surface area contributed by atoms with E-state index in [1.165, 1.54) is 25.7 Å². The maximum Gasteiger partial charge on any atom is 0.145 e. The van der Waals surface area contributed by atoms with Crippen LogP contribution in [0.3, 0.4) is 0 Å². The summed E-state index contributed by atoms with van der Waals surface area (Å²) in [4.78, 5) is 8.78. The van der Waals surface area contributed by atoms with Gasteiger partial charge in [-0.2, -0.15) is 0 Å². The largest absolute Gasteiger partial charge is 0.370 e. The van der Waals surface area contributed by atoms with Gasteiger partial charge in [-0.15, -0.1) is 0 Å². The number of nitrogens with one attached hydrogen (secondary N) is 2. The monoisotopic (exact) mass is 251 g/mol. The van der Waals surface area contributed by atoms with Crippen LogP contribution in [0.5, 0.6) is 0 Å². The van der Waals surface area contributed by atoms with Gasteiger partial charge in [0.15, 0.2) is 0 Å². The Morgan fingerprint density at radius 2 is 1.83 bits per heavy atom. The highest BCUT2D eigenvalue weighted by molar-refractivity contribution is 5.46. The normalized spacial score (nSPS) is 10.4. The van der Waals surface area contributed by atoms with E-state index < -0.39 is 0 Å². The third-order valence-electron chi connectivity index (χ3n) is 2.73. The summed E-state index contributed by atoms with van der Waals surface area (Å²) in [6.45, 7) is 5.28. The summed E-state index contributed by atoms with van der Waals surface area (Å²) in [5.41, 5.74) is 2.59. The van der Waals surface area contributed by atoms with Crippen LogP contribution >= 0.6 is 0 Å². The minimum Gasteiger partial charge on any atom is -0.370 e. The van der Waals surface area contributed by atoms with Gasteiger partial charge in [0.25, 0.3) is 0 Å². The molecule has 0 bridgehead atoms. The van der Waals surface area contributed by atoms with Crippen LogP contribution in [-0.2, 0) is 6.42 Å². The van der Waals surface area contributed by atoms with Crippen LogP contribution in [0.15, 0.2) is 6.07 Å². The van der Waals surface area contributed by atoms with Gasteiger partial charge in [0.1, 0.15) is 17.5 Å². The molecule has 4 N–H and O–H groups in total. The van der Waals surface area contributed by atoms with E-state index in [0.29, 0.717) is 5.82 Å². The molecule has 0 saturated heterocycles. The molecule has 0 atom stereocenters. The van der Waals surface area contributed by atoms with Crippen LogP contribution in [0.1, 0.15) is 51.8 Å². The van der Waals surface area contributed by atoms with Crippen molar-refractivity contribution in [2.24, 2.45) is 5.84 Å². The summed E-state index contributed by atoms with van der Waals surface area (Å²) in [5, 5.41) is 3.33. The Morgan fingerprint density at radius 3 is 2.50 bits per heavy atom. The van der Waals surface area contributed by atoms with Gasteiger partial charge < -0.3 is 10.7 Å². The lowest BCUT2D eigenvalue weighted by Gasteiger charge is -2.09. The molecule has 0 fully saturated rings. The Hall–Kier alpha value is -1.36. The molecule has 0 aliphatic carbocycles. The number of hydrazine groups is 1. The van der Waals surface area contributed by atoms with E-state index in [-0.39, 0.29) is 0 Å². The maximum atomic E-state index is 5.41. The number of anilines is 2. The first kappa shape index (κ1) is 14.7. The highest BCUT2D eigenvalue weighted by Gasteiger charge is 2.02. The lowest BCUT2D eigenvalue weighted by molar-refractivity contribution is 0.684. The number of nitrogen functional groups attached to an aromatic ring is 1. The summed E-state index contributed by atoms with van der Waals surface area (Å²) >= 11 is 0. The maximum absolute atomic E-state index is 5.41. The summed E-state index contributed by atoms with van der Waals surface area (Å²) in [6.07, 6.45) is 6.90. The molecule has 0 radical (unpaired) electrons. The fraction of sp³-hybridized carbons (Fsp3) is 0.692. The smallest absolute Gasteiger partial charge is 0.145 e. The predicted octanol–water partition coefficient (Wildman–Crippen LogP) is 2.71. The van der Waals surface area contributed by atoms with Crippen molar-refractivity contribution >= 4 is 11.6 Å². The van der Waals surface area contributed by atoms with E-state index in [0.717, 1.165) is 31.0 Å². The molecule has 102 valence electrons. The second kappa shape index (κ2) is 8.69. The van der Waals surface area contributed by atoms with Crippen LogP contribution in [0.4, 0.5) is 11.6 Å². The molecule has 1 aromatic heterocycles. The lowest BCUT2D eigenvalue weighted by atomic mass is 10.2. The van der Waals surface area contributed by atoms with Crippen LogP contribution in [0, 0.1) is 0 Å². The molecule has 5 heteroatoms. The highest BCUT2D eigenvalue weighted by Crippen LogP contribution is 2.12. The zero-order valence-corrected chi connectivity index (χ0v) is 11.5. The molecule has 0 aliphatic heterocycles. The van der Waals surface area contributed by atoms with Crippen molar-refractivity contribution in [1.82, 2.24) is 9.97 Å². The van der Waals surface area contributed by atoms with Gasteiger partial charge in [0.2, 0.25) is 0 Å². The average Bonchev–Trinajstić information content (AvgIpc) is 2.38. The molecule has 0 saturated carbocycles. The van der Waals surface area contributed by atoms with Gasteiger partial charge >= 0.3 is 0 Å². The first-order valence-electron chi connectivity index (χ1n) is 6.88. The van der Waals surface area contributed by atoms with Gasteiger partial charge in [0, 0.05) is 19.0 Å². The second-order valence-electron chi connectivity index (χ2n) is 4.44. The predicted molar refractivity (Wildman–Crippen MR) is 76.5 cm³/mol.